The van der Waals surface area contributed by atoms with Crippen LogP contribution in [0.3, 0.4) is 0 Å². The number of hydrogen-bond acceptors (Lipinski definition) is 5. The monoisotopic (exact) mass is 395 g/mol. The molecule has 0 unspecified atom stereocenters. The number of carbonyl (C=O) groups excluding carboxylic acids is 2. The van der Waals surface area contributed by atoms with Crippen LogP contribution in [0.5, 0.6) is 5.88 Å². The Hall–Kier alpha value is -2.97. The second kappa shape index (κ2) is 9.29. The number of aromatic nitrogens is 2. The standard InChI is InChI=1S/C19H20F3N3O3/c1-12-7-15(9-16(25-12)8-13(2)26)18(27)24-11-14-3-4-17(23-10-14)28-6-5-19(20,21)22/h3-4,7,9-10H,5-6,8,11H2,1-2H3,(H,24,27). The number of rotatable bonds is 8. The van der Waals surface area contributed by atoms with Crippen molar-refractivity contribution in [3.05, 3.63) is 53.0 Å². The second-order valence-electron chi connectivity index (χ2n) is 6.27. The summed E-state index contributed by atoms with van der Waals surface area (Å²) in [5.41, 5.74) is 2.21. The average Bonchev–Trinajstić information content (AvgIpc) is 2.58. The molecule has 1 amide bonds. The lowest BCUT2D eigenvalue weighted by molar-refractivity contribution is -0.139. The van der Waals surface area contributed by atoms with Gasteiger partial charge in [0, 0.05) is 42.2 Å². The number of alkyl halides is 3. The minimum Gasteiger partial charge on any atom is -0.477 e. The molecule has 2 aromatic heterocycles. The Balaban J connectivity index is 1.90. The summed E-state index contributed by atoms with van der Waals surface area (Å²) in [6.07, 6.45) is -3.76. The Morgan fingerprint density at radius 3 is 2.57 bits per heavy atom. The van der Waals surface area contributed by atoms with Gasteiger partial charge in [-0.05, 0) is 31.5 Å². The van der Waals surface area contributed by atoms with Crippen LogP contribution in [-0.2, 0) is 17.8 Å². The Labute approximate surface area is 160 Å². The van der Waals surface area contributed by atoms with E-state index in [2.05, 4.69) is 15.3 Å². The molecule has 150 valence electrons. The van der Waals surface area contributed by atoms with Crippen molar-refractivity contribution in [3.8, 4) is 5.88 Å². The molecule has 2 heterocycles. The minimum atomic E-state index is -4.28. The van der Waals surface area contributed by atoms with E-state index < -0.39 is 19.2 Å². The fourth-order valence-corrected chi connectivity index (χ4v) is 2.37. The van der Waals surface area contributed by atoms with Crippen molar-refractivity contribution in [2.75, 3.05) is 6.61 Å². The van der Waals surface area contributed by atoms with E-state index in [1.165, 1.54) is 19.2 Å². The van der Waals surface area contributed by atoms with Crippen molar-refractivity contribution in [1.82, 2.24) is 15.3 Å². The summed E-state index contributed by atoms with van der Waals surface area (Å²) in [5, 5.41) is 2.72. The first-order chi connectivity index (χ1) is 13.1. The number of nitrogens with one attached hydrogen (secondary N) is 1. The van der Waals surface area contributed by atoms with Gasteiger partial charge < -0.3 is 10.1 Å². The molecule has 2 rings (SSSR count). The van der Waals surface area contributed by atoms with E-state index in [4.69, 9.17) is 4.74 Å². The number of Topliss-reactive ketones (excluding diaryl/α,β-unsaturated/α-hetero) is 1. The molecule has 0 aliphatic rings. The molecule has 0 aliphatic carbocycles. The summed E-state index contributed by atoms with van der Waals surface area (Å²) in [6.45, 7) is 2.86. The lowest BCUT2D eigenvalue weighted by Crippen LogP contribution is -2.23. The van der Waals surface area contributed by atoms with Crippen LogP contribution in [0.2, 0.25) is 0 Å². The Bertz CT molecular complexity index is 837. The fraction of sp³-hybridized carbons (Fsp3) is 0.368. The van der Waals surface area contributed by atoms with Gasteiger partial charge in [0.1, 0.15) is 5.78 Å². The molecule has 2 aromatic rings. The highest BCUT2D eigenvalue weighted by molar-refractivity contribution is 5.94. The lowest BCUT2D eigenvalue weighted by Gasteiger charge is -2.09. The molecular weight excluding hydrogens is 375 g/mol. The molecule has 1 N–H and O–H groups in total. The number of amides is 1. The topological polar surface area (TPSA) is 81.2 Å². The lowest BCUT2D eigenvalue weighted by atomic mass is 10.1. The first-order valence-electron chi connectivity index (χ1n) is 8.52. The molecule has 0 aliphatic heterocycles. The van der Waals surface area contributed by atoms with Crippen molar-refractivity contribution < 1.29 is 27.5 Å². The predicted octanol–water partition coefficient (Wildman–Crippen LogP) is 3.18. The molecule has 0 spiro atoms. The van der Waals surface area contributed by atoms with Gasteiger partial charge in [-0.3, -0.25) is 14.6 Å². The highest BCUT2D eigenvalue weighted by atomic mass is 19.4. The van der Waals surface area contributed by atoms with Gasteiger partial charge in [-0.15, -0.1) is 0 Å². The molecule has 0 bridgehead atoms. The molecule has 6 nitrogen and oxygen atoms in total. The van der Waals surface area contributed by atoms with E-state index in [0.717, 1.165) is 0 Å². The van der Waals surface area contributed by atoms with Crippen LogP contribution in [0.4, 0.5) is 13.2 Å². The third-order valence-corrected chi connectivity index (χ3v) is 3.58. The highest BCUT2D eigenvalue weighted by Gasteiger charge is 2.26. The van der Waals surface area contributed by atoms with Crippen molar-refractivity contribution in [3.63, 3.8) is 0 Å². The molecule has 0 atom stereocenters. The summed E-state index contributed by atoms with van der Waals surface area (Å²) in [5.74, 6) is -0.299. The van der Waals surface area contributed by atoms with E-state index in [-0.39, 0.29) is 30.5 Å². The van der Waals surface area contributed by atoms with Gasteiger partial charge in [0.2, 0.25) is 5.88 Å². The van der Waals surface area contributed by atoms with Gasteiger partial charge in [-0.25, -0.2) is 4.98 Å². The van der Waals surface area contributed by atoms with Gasteiger partial charge in [-0.1, -0.05) is 6.07 Å². The van der Waals surface area contributed by atoms with Gasteiger partial charge in [0.05, 0.1) is 13.0 Å². The van der Waals surface area contributed by atoms with E-state index in [1.807, 2.05) is 0 Å². The maximum absolute atomic E-state index is 12.3. The third-order valence-electron chi connectivity index (χ3n) is 3.58. The summed E-state index contributed by atoms with van der Waals surface area (Å²) in [7, 11) is 0. The number of nitrogens with zero attached hydrogens (tertiary/aromatic N) is 2. The highest BCUT2D eigenvalue weighted by Crippen LogP contribution is 2.19. The number of ketones is 1. The van der Waals surface area contributed by atoms with Crippen LogP contribution < -0.4 is 10.1 Å². The maximum Gasteiger partial charge on any atom is 0.392 e. The molecule has 0 aromatic carbocycles. The van der Waals surface area contributed by atoms with E-state index in [9.17, 15) is 22.8 Å². The summed E-state index contributed by atoms with van der Waals surface area (Å²) >= 11 is 0. The summed E-state index contributed by atoms with van der Waals surface area (Å²) in [6, 6.07) is 6.24. The van der Waals surface area contributed by atoms with Crippen molar-refractivity contribution in [2.24, 2.45) is 0 Å². The van der Waals surface area contributed by atoms with Crippen LogP contribution in [-0.4, -0.2) is 34.4 Å². The predicted molar refractivity (Wildman–Crippen MR) is 94.9 cm³/mol. The Kier molecular flexibility index (Phi) is 7.08. The van der Waals surface area contributed by atoms with Crippen LogP contribution in [0.1, 0.15) is 40.7 Å². The number of aryl methyl sites for hydroxylation is 1. The minimum absolute atomic E-state index is 0.0481. The van der Waals surface area contributed by atoms with Crippen molar-refractivity contribution >= 4 is 11.7 Å². The van der Waals surface area contributed by atoms with Gasteiger partial charge in [0.15, 0.2) is 0 Å². The van der Waals surface area contributed by atoms with Gasteiger partial charge in [0.25, 0.3) is 5.91 Å². The van der Waals surface area contributed by atoms with Crippen LogP contribution >= 0.6 is 0 Å². The molecule has 0 saturated heterocycles. The molecule has 0 saturated carbocycles. The Morgan fingerprint density at radius 2 is 1.96 bits per heavy atom. The third kappa shape index (κ3) is 7.34. The number of ether oxygens (including phenoxy) is 1. The zero-order valence-corrected chi connectivity index (χ0v) is 15.5. The number of halogens is 3. The average molecular weight is 395 g/mol. The largest absolute Gasteiger partial charge is 0.477 e. The van der Waals surface area contributed by atoms with Crippen molar-refractivity contribution in [1.29, 1.82) is 0 Å². The van der Waals surface area contributed by atoms with Crippen molar-refractivity contribution in [2.45, 2.75) is 39.4 Å². The normalized spacial score (nSPS) is 11.2. The first-order valence-corrected chi connectivity index (χ1v) is 8.52. The zero-order chi connectivity index (χ0) is 20.7. The smallest absolute Gasteiger partial charge is 0.392 e. The Morgan fingerprint density at radius 1 is 1.21 bits per heavy atom. The number of pyridine rings is 2. The first kappa shape index (κ1) is 21.3. The van der Waals surface area contributed by atoms with Gasteiger partial charge in [-0.2, -0.15) is 13.2 Å². The SMILES string of the molecule is CC(=O)Cc1cc(C(=O)NCc2ccc(OCCC(F)(F)F)nc2)cc(C)n1. The molecule has 0 radical (unpaired) electrons. The fourth-order valence-electron chi connectivity index (χ4n) is 2.37. The van der Waals surface area contributed by atoms with Crippen LogP contribution in [0.15, 0.2) is 30.5 Å². The summed E-state index contributed by atoms with van der Waals surface area (Å²) in [4.78, 5) is 31.7. The van der Waals surface area contributed by atoms with E-state index in [0.29, 0.717) is 22.5 Å². The molecular formula is C19H20F3N3O3. The number of carbonyl (C=O) groups is 2. The van der Waals surface area contributed by atoms with Crippen LogP contribution in [0.25, 0.3) is 0 Å². The maximum atomic E-state index is 12.3. The summed E-state index contributed by atoms with van der Waals surface area (Å²) < 4.78 is 41.2. The van der Waals surface area contributed by atoms with Gasteiger partial charge >= 0.3 is 6.18 Å². The second-order valence-corrected chi connectivity index (χ2v) is 6.27. The zero-order valence-electron chi connectivity index (χ0n) is 15.5. The molecule has 0 fully saturated rings. The molecule has 28 heavy (non-hydrogen) atoms. The van der Waals surface area contributed by atoms with E-state index >= 15 is 0 Å². The number of hydrogen-bond donors (Lipinski definition) is 1. The van der Waals surface area contributed by atoms with E-state index in [1.54, 1.807) is 25.1 Å². The quantitative estimate of drug-likeness (QED) is 0.743. The molecule has 9 heteroatoms. The van der Waals surface area contributed by atoms with Crippen LogP contribution in [0, 0.1) is 6.92 Å².